The molecule has 5 heteroatoms. The lowest BCUT2D eigenvalue weighted by Gasteiger charge is -2.21. The summed E-state index contributed by atoms with van der Waals surface area (Å²) in [5.41, 5.74) is 7.64. The smallest absolute Gasteiger partial charge is 0.189 e. The molecule has 2 rings (SSSR count). The third-order valence-corrected chi connectivity index (χ3v) is 2.90. The van der Waals surface area contributed by atoms with Crippen molar-refractivity contribution >= 4 is 11.6 Å². The van der Waals surface area contributed by atoms with Crippen molar-refractivity contribution in [1.29, 1.82) is 0 Å². The average molecular weight is 244 g/mol. The zero-order valence-electron chi connectivity index (χ0n) is 8.78. The van der Waals surface area contributed by atoms with Gasteiger partial charge in [-0.15, -0.1) is 0 Å². The number of hydrogen-bond acceptors (Lipinski definition) is 4. The van der Waals surface area contributed by atoms with Crippen LogP contribution in [0.15, 0.2) is 12.1 Å². The minimum atomic E-state index is -0.269. The normalized spacial score (nSPS) is 16.4. The van der Waals surface area contributed by atoms with Crippen molar-refractivity contribution in [3.05, 3.63) is 28.3 Å². The van der Waals surface area contributed by atoms with E-state index in [9.17, 15) is 0 Å². The van der Waals surface area contributed by atoms with Gasteiger partial charge in [-0.1, -0.05) is 11.6 Å². The quantitative estimate of drug-likeness (QED) is 0.846. The Labute approximate surface area is 98.9 Å². The van der Waals surface area contributed by atoms with Gasteiger partial charge in [0.2, 0.25) is 0 Å². The highest BCUT2D eigenvalue weighted by atomic mass is 35.5. The summed E-state index contributed by atoms with van der Waals surface area (Å²) in [6.45, 7) is 0.798. The number of fused-ring (bicyclic) bond motifs is 1. The fourth-order valence-electron chi connectivity index (χ4n) is 1.69. The fraction of sp³-hybridized carbons (Fsp3) is 0.455. The van der Waals surface area contributed by atoms with E-state index in [1.807, 2.05) is 12.1 Å². The molecule has 3 N–H and O–H groups in total. The van der Waals surface area contributed by atoms with E-state index in [0.717, 1.165) is 16.9 Å². The standard InChI is InChI=1S/C11H14ClNO3/c12-9-3-7-5-15-6-16-11(7)4-8(9)10(13)1-2-14/h3-4,10,14H,1-2,5-6,13H2. The van der Waals surface area contributed by atoms with Crippen molar-refractivity contribution in [2.75, 3.05) is 13.4 Å². The van der Waals surface area contributed by atoms with Crippen molar-refractivity contribution in [3.63, 3.8) is 0 Å². The van der Waals surface area contributed by atoms with Crippen LogP contribution < -0.4 is 10.5 Å². The lowest BCUT2D eigenvalue weighted by atomic mass is 10.0. The molecule has 1 aliphatic heterocycles. The van der Waals surface area contributed by atoms with Crippen molar-refractivity contribution < 1.29 is 14.6 Å². The van der Waals surface area contributed by atoms with Crippen molar-refractivity contribution in [3.8, 4) is 5.75 Å². The molecule has 16 heavy (non-hydrogen) atoms. The third-order valence-electron chi connectivity index (χ3n) is 2.57. The van der Waals surface area contributed by atoms with Gasteiger partial charge >= 0.3 is 0 Å². The molecule has 0 spiro atoms. The summed E-state index contributed by atoms with van der Waals surface area (Å²) in [4.78, 5) is 0. The first-order valence-electron chi connectivity index (χ1n) is 5.11. The SMILES string of the molecule is NC(CCO)c1cc2c(cc1Cl)COCO2. The highest BCUT2D eigenvalue weighted by Gasteiger charge is 2.17. The Kier molecular flexibility index (Phi) is 3.66. The molecular formula is C11H14ClNO3. The van der Waals surface area contributed by atoms with Gasteiger partial charge in [0.25, 0.3) is 0 Å². The summed E-state index contributed by atoms with van der Waals surface area (Å²) in [6, 6.07) is 3.37. The molecule has 1 unspecified atom stereocenters. The van der Waals surface area contributed by atoms with Crippen LogP contribution in [-0.2, 0) is 11.3 Å². The highest BCUT2D eigenvalue weighted by Crippen LogP contribution is 2.33. The average Bonchev–Trinajstić information content (AvgIpc) is 2.28. The van der Waals surface area contributed by atoms with E-state index in [1.165, 1.54) is 0 Å². The molecule has 1 heterocycles. The minimum absolute atomic E-state index is 0.0402. The zero-order valence-corrected chi connectivity index (χ0v) is 9.54. The second-order valence-corrected chi connectivity index (χ2v) is 4.12. The minimum Gasteiger partial charge on any atom is -0.467 e. The van der Waals surface area contributed by atoms with Crippen LogP contribution in [0.3, 0.4) is 0 Å². The summed E-state index contributed by atoms with van der Waals surface area (Å²) >= 11 is 6.12. The second kappa shape index (κ2) is 5.01. The van der Waals surface area contributed by atoms with Gasteiger partial charge in [-0.05, 0) is 24.1 Å². The van der Waals surface area contributed by atoms with E-state index in [1.54, 1.807) is 0 Å². The number of hydrogen-bond donors (Lipinski definition) is 2. The molecule has 1 aromatic rings. The Morgan fingerprint density at radius 2 is 2.31 bits per heavy atom. The van der Waals surface area contributed by atoms with Gasteiger partial charge in [-0.2, -0.15) is 0 Å². The van der Waals surface area contributed by atoms with Crippen molar-refractivity contribution in [1.82, 2.24) is 0 Å². The van der Waals surface area contributed by atoms with Gasteiger partial charge in [-0.3, -0.25) is 0 Å². The Balaban J connectivity index is 2.31. The van der Waals surface area contributed by atoms with E-state index in [4.69, 9.17) is 31.9 Å². The van der Waals surface area contributed by atoms with Gasteiger partial charge in [0, 0.05) is 23.2 Å². The number of aliphatic hydroxyl groups excluding tert-OH is 1. The van der Waals surface area contributed by atoms with E-state index >= 15 is 0 Å². The molecule has 0 saturated carbocycles. The van der Waals surface area contributed by atoms with Crippen LogP contribution in [0.4, 0.5) is 0 Å². The summed E-state index contributed by atoms with van der Waals surface area (Å²) < 4.78 is 10.5. The Bertz CT molecular complexity index is 384. The molecule has 0 fully saturated rings. The van der Waals surface area contributed by atoms with Crippen molar-refractivity contribution in [2.45, 2.75) is 19.1 Å². The van der Waals surface area contributed by atoms with Gasteiger partial charge in [-0.25, -0.2) is 0 Å². The molecule has 0 aromatic heterocycles. The maximum Gasteiger partial charge on any atom is 0.189 e. The maximum atomic E-state index is 8.85. The topological polar surface area (TPSA) is 64.7 Å². The highest BCUT2D eigenvalue weighted by molar-refractivity contribution is 6.31. The van der Waals surface area contributed by atoms with Gasteiger partial charge in [0.1, 0.15) is 5.75 Å². The first-order valence-corrected chi connectivity index (χ1v) is 5.49. The Hall–Kier alpha value is -0.810. The third kappa shape index (κ3) is 2.30. The molecule has 0 radical (unpaired) electrons. The summed E-state index contributed by atoms with van der Waals surface area (Å²) in [6.07, 6.45) is 0.481. The van der Waals surface area contributed by atoms with Crippen LogP contribution >= 0.6 is 11.6 Å². The summed E-state index contributed by atoms with van der Waals surface area (Å²) in [5.74, 6) is 0.763. The molecule has 0 aliphatic carbocycles. The van der Waals surface area contributed by atoms with Gasteiger partial charge < -0.3 is 20.3 Å². The molecule has 0 amide bonds. The van der Waals surface area contributed by atoms with Crippen LogP contribution in [0.5, 0.6) is 5.75 Å². The fourth-order valence-corrected chi connectivity index (χ4v) is 2.02. The maximum absolute atomic E-state index is 8.85. The lowest BCUT2D eigenvalue weighted by molar-refractivity contribution is -0.0164. The molecule has 0 saturated heterocycles. The molecule has 88 valence electrons. The lowest BCUT2D eigenvalue weighted by Crippen LogP contribution is -2.16. The van der Waals surface area contributed by atoms with E-state index in [0.29, 0.717) is 18.1 Å². The Morgan fingerprint density at radius 3 is 3.06 bits per heavy atom. The predicted octanol–water partition coefficient (Wildman–Crippen LogP) is 1.59. The van der Waals surface area contributed by atoms with Crippen LogP contribution in [0.1, 0.15) is 23.6 Å². The van der Waals surface area contributed by atoms with E-state index < -0.39 is 0 Å². The largest absolute Gasteiger partial charge is 0.467 e. The molecule has 4 nitrogen and oxygen atoms in total. The number of aliphatic hydroxyl groups is 1. The monoisotopic (exact) mass is 243 g/mol. The van der Waals surface area contributed by atoms with Crippen LogP contribution in [0, 0.1) is 0 Å². The van der Waals surface area contributed by atoms with Crippen LogP contribution in [-0.4, -0.2) is 18.5 Å². The summed E-state index contributed by atoms with van der Waals surface area (Å²) in [7, 11) is 0. The molecule has 1 aliphatic rings. The molecule has 1 aromatic carbocycles. The number of nitrogens with two attached hydrogens (primary N) is 1. The van der Waals surface area contributed by atoms with Crippen molar-refractivity contribution in [2.24, 2.45) is 5.73 Å². The first kappa shape index (κ1) is 11.7. The Morgan fingerprint density at radius 1 is 1.50 bits per heavy atom. The molecule has 0 bridgehead atoms. The first-order chi connectivity index (χ1) is 7.72. The van der Waals surface area contributed by atoms with Gasteiger partial charge in [0.15, 0.2) is 6.79 Å². The summed E-state index contributed by atoms with van der Waals surface area (Å²) in [5, 5.41) is 9.44. The predicted molar refractivity (Wildman–Crippen MR) is 60.4 cm³/mol. The zero-order chi connectivity index (χ0) is 11.5. The number of rotatable bonds is 3. The number of benzene rings is 1. The van der Waals surface area contributed by atoms with E-state index in [2.05, 4.69) is 0 Å². The molecule has 1 atom stereocenters. The van der Waals surface area contributed by atoms with Crippen LogP contribution in [0.2, 0.25) is 5.02 Å². The number of ether oxygens (including phenoxy) is 2. The van der Waals surface area contributed by atoms with Crippen LogP contribution in [0.25, 0.3) is 0 Å². The van der Waals surface area contributed by atoms with E-state index in [-0.39, 0.29) is 19.4 Å². The van der Waals surface area contributed by atoms with Gasteiger partial charge in [0.05, 0.1) is 6.61 Å². The molecular weight excluding hydrogens is 230 g/mol. The second-order valence-electron chi connectivity index (χ2n) is 3.71. The number of halogens is 1.